The number of hydrogen-bond acceptors (Lipinski definition) is 2. The number of aromatic nitrogens is 2. The summed E-state index contributed by atoms with van der Waals surface area (Å²) in [7, 11) is 0. The van der Waals surface area contributed by atoms with Gasteiger partial charge in [-0.25, -0.2) is 9.97 Å². The Kier molecular flexibility index (Phi) is 3.17. The van der Waals surface area contributed by atoms with Gasteiger partial charge in [0.2, 0.25) is 0 Å². The van der Waals surface area contributed by atoms with Crippen molar-refractivity contribution in [1.82, 2.24) is 9.97 Å². The van der Waals surface area contributed by atoms with E-state index in [-0.39, 0.29) is 0 Å². The molecule has 0 aliphatic rings. The molecule has 4 heteroatoms. The summed E-state index contributed by atoms with van der Waals surface area (Å²) in [5.41, 5.74) is 2.11. The van der Waals surface area contributed by atoms with Crippen LogP contribution in [0.25, 0.3) is 11.1 Å². The second kappa shape index (κ2) is 4.41. The van der Waals surface area contributed by atoms with Crippen LogP contribution in [0.5, 0.6) is 0 Å². The van der Waals surface area contributed by atoms with Gasteiger partial charge in [-0.15, -0.1) is 0 Å². The monoisotopic (exact) mass is 326 g/mol. The van der Waals surface area contributed by atoms with Crippen molar-refractivity contribution in [3.8, 4) is 11.1 Å². The van der Waals surface area contributed by atoms with E-state index in [1.54, 1.807) is 0 Å². The number of rotatable bonds is 1. The van der Waals surface area contributed by atoms with Crippen LogP contribution in [-0.2, 0) is 0 Å². The smallest absolute Gasteiger partial charge is 0.126 e. The van der Waals surface area contributed by atoms with E-state index in [2.05, 4.69) is 41.8 Å². The van der Waals surface area contributed by atoms with Crippen LogP contribution in [0.1, 0.15) is 5.82 Å². The zero-order chi connectivity index (χ0) is 10.8. The van der Waals surface area contributed by atoms with Gasteiger partial charge in [-0.05, 0) is 40.5 Å². The molecule has 0 amide bonds. The van der Waals surface area contributed by atoms with E-state index in [9.17, 15) is 0 Å². The van der Waals surface area contributed by atoms with E-state index in [1.807, 2.05) is 37.4 Å². The van der Waals surface area contributed by atoms with Gasteiger partial charge in [-0.3, -0.25) is 0 Å². The molecule has 0 aliphatic carbocycles. The van der Waals surface area contributed by atoms with Crippen LogP contribution in [0, 0.1) is 6.92 Å². The summed E-state index contributed by atoms with van der Waals surface area (Å²) in [6.07, 6.45) is 1.83. The van der Waals surface area contributed by atoms with Crippen LogP contribution in [-0.4, -0.2) is 9.97 Å². The third-order valence-electron chi connectivity index (χ3n) is 2.02. The molecular formula is C11H8Br2N2. The highest BCUT2D eigenvalue weighted by molar-refractivity contribution is 9.10. The molecule has 1 aromatic heterocycles. The van der Waals surface area contributed by atoms with E-state index < -0.39 is 0 Å². The fourth-order valence-electron chi connectivity index (χ4n) is 1.27. The molecule has 0 atom stereocenters. The minimum Gasteiger partial charge on any atom is -0.241 e. The molecule has 0 saturated heterocycles. The standard InChI is InChI=1S/C11H8Br2N2/c1-7-14-6-10(11(13)15-7)8-2-4-9(12)5-3-8/h2-6H,1H3. The quantitative estimate of drug-likeness (QED) is 0.740. The number of aryl methyl sites for hydroxylation is 1. The summed E-state index contributed by atoms with van der Waals surface area (Å²) in [5, 5.41) is 0. The summed E-state index contributed by atoms with van der Waals surface area (Å²) in [6, 6.07) is 8.06. The molecule has 2 nitrogen and oxygen atoms in total. The molecular weight excluding hydrogens is 320 g/mol. The van der Waals surface area contributed by atoms with Crippen molar-refractivity contribution < 1.29 is 0 Å². The van der Waals surface area contributed by atoms with Crippen molar-refractivity contribution in [3.63, 3.8) is 0 Å². The molecule has 0 fully saturated rings. The molecule has 0 aliphatic heterocycles. The second-order valence-corrected chi connectivity index (χ2v) is 4.80. The fraction of sp³-hybridized carbons (Fsp3) is 0.0909. The molecule has 2 rings (SSSR count). The number of nitrogens with zero attached hydrogens (tertiary/aromatic N) is 2. The van der Waals surface area contributed by atoms with Crippen LogP contribution in [0.2, 0.25) is 0 Å². The fourth-order valence-corrected chi connectivity index (χ4v) is 2.12. The number of benzene rings is 1. The average molecular weight is 328 g/mol. The third kappa shape index (κ3) is 2.44. The maximum atomic E-state index is 4.27. The van der Waals surface area contributed by atoms with Gasteiger partial charge >= 0.3 is 0 Å². The van der Waals surface area contributed by atoms with Crippen molar-refractivity contribution in [2.75, 3.05) is 0 Å². The summed E-state index contributed by atoms with van der Waals surface area (Å²) in [5.74, 6) is 0.766. The van der Waals surface area contributed by atoms with Crippen LogP contribution in [0.4, 0.5) is 0 Å². The highest BCUT2D eigenvalue weighted by Crippen LogP contribution is 2.26. The van der Waals surface area contributed by atoms with Crippen LogP contribution in [0.15, 0.2) is 39.5 Å². The molecule has 1 heterocycles. The zero-order valence-corrected chi connectivity index (χ0v) is 11.2. The molecule has 1 aromatic carbocycles. The van der Waals surface area contributed by atoms with Crippen molar-refractivity contribution in [1.29, 1.82) is 0 Å². The second-order valence-electron chi connectivity index (χ2n) is 3.13. The highest BCUT2D eigenvalue weighted by Gasteiger charge is 2.04. The van der Waals surface area contributed by atoms with Crippen molar-refractivity contribution in [2.45, 2.75) is 6.92 Å². The topological polar surface area (TPSA) is 25.8 Å². The maximum absolute atomic E-state index is 4.27. The Morgan fingerprint density at radius 3 is 2.33 bits per heavy atom. The Morgan fingerprint density at radius 1 is 1.07 bits per heavy atom. The van der Waals surface area contributed by atoms with E-state index >= 15 is 0 Å². The van der Waals surface area contributed by atoms with Gasteiger partial charge in [0.1, 0.15) is 10.4 Å². The van der Waals surface area contributed by atoms with Crippen molar-refractivity contribution >= 4 is 31.9 Å². The number of hydrogen-bond donors (Lipinski definition) is 0. The predicted octanol–water partition coefficient (Wildman–Crippen LogP) is 3.98. The van der Waals surface area contributed by atoms with Gasteiger partial charge in [0.25, 0.3) is 0 Å². The lowest BCUT2D eigenvalue weighted by Gasteiger charge is -2.04. The molecule has 0 saturated carbocycles. The van der Waals surface area contributed by atoms with E-state index in [0.29, 0.717) is 0 Å². The van der Waals surface area contributed by atoms with Crippen LogP contribution < -0.4 is 0 Å². The zero-order valence-electron chi connectivity index (χ0n) is 8.04. The molecule has 0 spiro atoms. The Hall–Kier alpha value is -0.740. The lowest BCUT2D eigenvalue weighted by atomic mass is 10.1. The first kappa shape index (κ1) is 10.8. The molecule has 0 bridgehead atoms. The molecule has 2 aromatic rings. The molecule has 15 heavy (non-hydrogen) atoms. The minimum absolute atomic E-state index is 0.766. The third-order valence-corrected chi connectivity index (χ3v) is 3.15. The maximum Gasteiger partial charge on any atom is 0.126 e. The van der Waals surface area contributed by atoms with Crippen molar-refractivity contribution in [3.05, 3.63) is 45.4 Å². The summed E-state index contributed by atoms with van der Waals surface area (Å²) >= 11 is 6.84. The van der Waals surface area contributed by atoms with E-state index in [0.717, 1.165) is 26.0 Å². The normalized spacial score (nSPS) is 10.3. The van der Waals surface area contributed by atoms with Gasteiger partial charge in [-0.2, -0.15) is 0 Å². The first-order valence-electron chi connectivity index (χ1n) is 4.42. The Bertz CT molecular complexity index is 480. The molecule has 0 unspecified atom stereocenters. The summed E-state index contributed by atoms with van der Waals surface area (Å²) < 4.78 is 1.90. The van der Waals surface area contributed by atoms with Crippen LogP contribution >= 0.6 is 31.9 Å². The molecule has 0 N–H and O–H groups in total. The SMILES string of the molecule is Cc1ncc(-c2ccc(Br)cc2)c(Br)n1. The highest BCUT2D eigenvalue weighted by atomic mass is 79.9. The van der Waals surface area contributed by atoms with Crippen molar-refractivity contribution in [2.24, 2.45) is 0 Å². The van der Waals surface area contributed by atoms with Gasteiger partial charge in [0.15, 0.2) is 0 Å². The molecule has 0 radical (unpaired) electrons. The predicted molar refractivity (Wildman–Crippen MR) is 67.6 cm³/mol. The van der Waals surface area contributed by atoms with Gasteiger partial charge in [-0.1, -0.05) is 28.1 Å². The number of halogens is 2. The largest absolute Gasteiger partial charge is 0.241 e. The van der Waals surface area contributed by atoms with Gasteiger partial charge in [0, 0.05) is 16.2 Å². The first-order valence-corrected chi connectivity index (χ1v) is 6.00. The lowest BCUT2D eigenvalue weighted by Crippen LogP contribution is -1.90. The Labute approximate surface area is 105 Å². The Balaban J connectivity index is 2.49. The van der Waals surface area contributed by atoms with Gasteiger partial charge in [0.05, 0.1) is 0 Å². The lowest BCUT2D eigenvalue weighted by molar-refractivity contribution is 1.04. The average Bonchev–Trinajstić information content (AvgIpc) is 2.20. The van der Waals surface area contributed by atoms with Gasteiger partial charge < -0.3 is 0 Å². The van der Waals surface area contributed by atoms with E-state index in [1.165, 1.54) is 0 Å². The summed E-state index contributed by atoms with van der Waals surface area (Å²) in [6.45, 7) is 1.87. The first-order chi connectivity index (χ1) is 7.16. The van der Waals surface area contributed by atoms with Crippen LogP contribution in [0.3, 0.4) is 0 Å². The Morgan fingerprint density at radius 2 is 1.73 bits per heavy atom. The molecule has 76 valence electrons. The minimum atomic E-state index is 0.766. The van der Waals surface area contributed by atoms with E-state index in [4.69, 9.17) is 0 Å². The summed E-state index contributed by atoms with van der Waals surface area (Å²) in [4.78, 5) is 8.45.